The van der Waals surface area contributed by atoms with Crippen LogP contribution in [0.15, 0.2) is 12.1 Å². The van der Waals surface area contributed by atoms with Crippen LogP contribution in [0.25, 0.3) is 0 Å². The number of nitrogens with one attached hydrogen (secondary N) is 1. The minimum Gasteiger partial charge on any atom is -0.493 e. The van der Waals surface area contributed by atoms with Crippen LogP contribution in [0.2, 0.25) is 0 Å². The van der Waals surface area contributed by atoms with Crippen LogP contribution < -0.4 is 19.5 Å². The molecule has 0 amide bonds. The van der Waals surface area contributed by atoms with Gasteiger partial charge in [0.05, 0.1) is 7.11 Å². The van der Waals surface area contributed by atoms with E-state index in [0.29, 0.717) is 13.2 Å². The van der Waals surface area contributed by atoms with Gasteiger partial charge in [-0.15, -0.1) is 0 Å². The van der Waals surface area contributed by atoms with E-state index in [0.717, 1.165) is 42.2 Å². The Morgan fingerprint density at radius 1 is 1.30 bits per heavy atom. The third-order valence-electron chi connectivity index (χ3n) is 4.11. The largest absolute Gasteiger partial charge is 0.493 e. The van der Waals surface area contributed by atoms with E-state index in [-0.39, 0.29) is 0 Å². The maximum absolute atomic E-state index is 5.65. The van der Waals surface area contributed by atoms with Gasteiger partial charge in [0, 0.05) is 6.54 Å². The van der Waals surface area contributed by atoms with Crippen LogP contribution in [0.1, 0.15) is 25.3 Å². The van der Waals surface area contributed by atoms with Crippen molar-refractivity contribution in [3.63, 3.8) is 0 Å². The summed E-state index contributed by atoms with van der Waals surface area (Å²) < 4.78 is 16.7. The fourth-order valence-electron chi connectivity index (χ4n) is 2.71. The van der Waals surface area contributed by atoms with Crippen molar-refractivity contribution >= 4 is 0 Å². The number of hydrogen-bond donors (Lipinski definition) is 1. The molecule has 110 valence electrons. The highest BCUT2D eigenvalue weighted by molar-refractivity contribution is 5.54. The van der Waals surface area contributed by atoms with Crippen molar-refractivity contribution in [2.75, 3.05) is 26.9 Å². The number of rotatable bonds is 6. The monoisotopic (exact) mass is 277 g/mol. The van der Waals surface area contributed by atoms with Gasteiger partial charge >= 0.3 is 0 Å². The Kier molecular flexibility index (Phi) is 4.01. The van der Waals surface area contributed by atoms with E-state index in [1.165, 1.54) is 18.4 Å². The van der Waals surface area contributed by atoms with Crippen molar-refractivity contribution in [1.29, 1.82) is 0 Å². The Bertz CT molecular complexity index is 454. The molecule has 20 heavy (non-hydrogen) atoms. The minimum absolute atomic E-state index is 0.583. The molecule has 1 saturated carbocycles. The predicted molar refractivity (Wildman–Crippen MR) is 77.6 cm³/mol. The van der Waals surface area contributed by atoms with Gasteiger partial charge in [-0.05, 0) is 48.9 Å². The van der Waals surface area contributed by atoms with E-state index >= 15 is 0 Å². The van der Waals surface area contributed by atoms with Crippen LogP contribution >= 0.6 is 0 Å². The normalized spacial score (nSPS) is 18.7. The van der Waals surface area contributed by atoms with Crippen LogP contribution in [-0.2, 0) is 6.54 Å². The molecule has 0 aromatic heterocycles. The number of ether oxygens (including phenoxy) is 3. The molecular formula is C16H23NO3. The average Bonchev–Trinajstić information content (AvgIpc) is 3.31. The van der Waals surface area contributed by atoms with Crippen LogP contribution in [0.4, 0.5) is 0 Å². The summed E-state index contributed by atoms with van der Waals surface area (Å²) in [7, 11) is 1.67. The van der Waals surface area contributed by atoms with Gasteiger partial charge in [0.1, 0.15) is 13.2 Å². The standard InChI is InChI=1S/C16H23NO3/c1-11(13-3-4-13)9-17-10-12-7-14(18-2)16-15(8-12)19-5-6-20-16/h7-8,11,13,17H,3-6,9-10H2,1-2H3. The maximum Gasteiger partial charge on any atom is 0.203 e. The molecular weight excluding hydrogens is 254 g/mol. The molecule has 1 N–H and O–H groups in total. The fourth-order valence-corrected chi connectivity index (χ4v) is 2.71. The lowest BCUT2D eigenvalue weighted by atomic mass is 10.1. The first-order valence-electron chi connectivity index (χ1n) is 7.45. The molecule has 0 saturated heterocycles. The van der Waals surface area contributed by atoms with E-state index in [1.54, 1.807) is 7.11 Å². The summed E-state index contributed by atoms with van der Waals surface area (Å²) in [4.78, 5) is 0. The molecule has 3 rings (SSSR count). The average molecular weight is 277 g/mol. The molecule has 1 aromatic rings. The molecule has 0 radical (unpaired) electrons. The van der Waals surface area contributed by atoms with E-state index < -0.39 is 0 Å². The topological polar surface area (TPSA) is 39.7 Å². The molecule has 2 aliphatic rings. The van der Waals surface area contributed by atoms with Crippen LogP contribution in [0.3, 0.4) is 0 Å². The summed E-state index contributed by atoms with van der Waals surface area (Å²) in [5.74, 6) is 4.00. The van der Waals surface area contributed by atoms with Crippen LogP contribution in [-0.4, -0.2) is 26.9 Å². The molecule has 4 nitrogen and oxygen atoms in total. The highest BCUT2D eigenvalue weighted by atomic mass is 16.6. The highest BCUT2D eigenvalue weighted by Gasteiger charge is 2.27. The fraction of sp³-hybridized carbons (Fsp3) is 0.625. The van der Waals surface area contributed by atoms with Crippen molar-refractivity contribution < 1.29 is 14.2 Å². The Labute approximate surface area is 120 Å². The van der Waals surface area contributed by atoms with Crippen molar-refractivity contribution in [3.05, 3.63) is 17.7 Å². The second kappa shape index (κ2) is 5.92. The Morgan fingerprint density at radius 3 is 2.85 bits per heavy atom. The second-order valence-electron chi connectivity index (χ2n) is 5.77. The highest BCUT2D eigenvalue weighted by Crippen LogP contribution is 2.40. The summed E-state index contributed by atoms with van der Waals surface area (Å²) >= 11 is 0. The van der Waals surface area contributed by atoms with Gasteiger partial charge in [-0.3, -0.25) is 0 Å². The van der Waals surface area contributed by atoms with Gasteiger partial charge in [0.25, 0.3) is 0 Å². The molecule has 1 aliphatic carbocycles. The summed E-state index contributed by atoms with van der Waals surface area (Å²) in [6, 6.07) is 4.08. The van der Waals surface area contributed by atoms with Crippen LogP contribution in [0.5, 0.6) is 17.2 Å². The lowest BCUT2D eigenvalue weighted by Crippen LogP contribution is -2.22. The van der Waals surface area contributed by atoms with Gasteiger partial charge in [0.15, 0.2) is 11.5 Å². The zero-order chi connectivity index (χ0) is 13.9. The Morgan fingerprint density at radius 2 is 2.10 bits per heavy atom. The van der Waals surface area contributed by atoms with E-state index in [1.807, 2.05) is 12.1 Å². The second-order valence-corrected chi connectivity index (χ2v) is 5.77. The lowest BCUT2D eigenvalue weighted by molar-refractivity contribution is 0.165. The number of benzene rings is 1. The first-order valence-corrected chi connectivity index (χ1v) is 7.45. The molecule has 1 aliphatic heterocycles. The molecule has 0 spiro atoms. The maximum atomic E-state index is 5.65. The number of hydrogen-bond acceptors (Lipinski definition) is 4. The third kappa shape index (κ3) is 3.01. The van der Waals surface area contributed by atoms with E-state index in [2.05, 4.69) is 12.2 Å². The van der Waals surface area contributed by atoms with E-state index in [9.17, 15) is 0 Å². The molecule has 1 heterocycles. The van der Waals surface area contributed by atoms with Crippen LogP contribution in [0, 0.1) is 11.8 Å². The van der Waals surface area contributed by atoms with Crippen molar-refractivity contribution in [1.82, 2.24) is 5.32 Å². The first-order chi connectivity index (χ1) is 9.78. The predicted octanol–water partition coefficient (Wildman–Crippen LogP) is 2.60. The van der Waals surface area contributed by atoms with Gasteiger partial charge in [-0.1, -0.05) is 6.92 Å². The van der Waals surface area contributed by atoms with Crippen molar-refractivity contribution in [3.8, 4) is 17.2 Å². The Balaban J connectivity index is 1.63. The number of methoxy groups -OCH3 is 1. The van der Waals surface area contributed by atoms with Gasteiger partial charge in [0.2, 0.25) is 5.75 Å². The van der Waals surface area contributed by atoms with E-state index in [4.69, 9.17) is 14.2 Å². The van der Waals surface area contributed by atoms with Crippen molar-refractivity contribution in [2.45, 2.75) is 26.3 Å². The Hall–Kier alpha value is -1.42. The van der Waals surface area contributed by atoms with Gasteiger partial charge in [-0.25, -0.2) is 0 Å². The third-order valence-corrected chi connectivity index (χ3v) is 4.11. The lowest BCUT2D eigenvalue weighted by Gasteiger charge is -2.21. The summed E-state index contributed by atoms with van der Waals surface area (Å²) in [6.45, 7) is 5.42. The zero-order valence-electron chi connectivity index (χ0n) is 12.3. The summed E-state index contributed by atoms with van der Waals surface area (Å²) in [5.41, 5.74) is 1.18. The molecule has 1 atom stereocenters. The molecule has 4 heteroatoms. The molecule has 1 fully saturated rings. The first kappa shape index (κ1) is 13.6. The molecule has 0 bridgehead atoms. The quantitative estimate of drug-likeness (QED) is 0.867. The SMILES string of the molecule is COc1cc(CNCC(C)C2CC2)cc2c1OCCO2. The summed E-state index contributed by atoms with van der Waals surface area (Å²) in [6.07, 6.45) is 2.81. The van der Waals surface area contributed by atoms with Gasteiger partial charge in [-0.2, -0.15) is 0 Å². The van der Waals surface area contributed by atoms with Crippen molar-refractivity contribution in [2.24, 2.45) is 11.8 Å². The smallest absolute Gasteiger partial charge is 0.203 e. The number of fused-ring (bicyclic) bond motifs is 1. The zero-order valence-corrected chi connectivity index (χ0v) is 12.3. The molecule has 1 aromatic carbocycles. The van der Waals surface area contributed by atoms with Gasteiger partial charge < -0.3 is 19.5 Å². The summed E-state index contributed by atoms with van der Waals surface area (Å²) in [5, 5.41) is 3.53. The molecule has 1 unspecified atom stereocenters. The minimum atomic E-state index is 0.583.